The van der Waals surface area contributed by atoms with Crippen molar-refractivity contribution in [1.82, 2.24) is 48.8 Å². The van der Waals surface area contributed by atoms with Gasteiger partial charge < -0.3 is 34.4 Å². The van der Waals surface area contributed by atoms with E-state index in [0.717, 1.165) is 13.4 Å². The van der Waals surface area contributed by atoms with Crippen molar-refractivity contribution in [2.24, 2.45) is 5.73 Å². The Kier molecular flexibility index (Phi) is 7.46. The highest BCUT2D eigenvalue weighted by molar-refractivity contribution is 6.42. The first-order chi connectivity index (χ1) is 38.5. The first-order valence-electron chi connectivity index (χ1n) is 29.4. The van der Waals surface area contributed by atoms with Gasteiger partial charge in [-0.1, -0.05) is 58.5 Å². The van der Waals surface area contributed by atoms with Crippen LogP contribution in [0.3, 0.4) is 0 Å². The molecule has 2 saturated heterocycles. The first kappa shape index (κ1) is 20.2. The molecule has 0 spiro atoms. The summed E-state index contributed by atoms with van der Waals surface area (Å²) in [5.74, 6) is -0.810. The second-order valence-corrected chi connectivity index (χ2v) is 12.3. The summed E-state index contributed by atoms with van der Waals surface area (Å²) < 4.78 is 240. The molecule has 0 saturated carbocycles. The van der Waals surface area contributed by atoms with Crippen molar-refractivity contribution in [3.05, 3.63) is 95.9 Å². The molecule has 0 bridgehead atoms. The van der Waals surface area contributed by atoms with E-state index in [2.05, 4.69) is 44.7 Å². The van der Waals surface area contributed by atoms with Crippen molar-refractivity contribution in [3.63, 3.8) is 0 Å². The second-order valence-electron chi connectivity index (χ2n) is 10.3. The van der Waals surface area contributed by atoms with E-state index in [1.54, 1.807) is 0 Å². The van der Waals surface area contributed by atoms with Crippen LogP contribution in [0.1, 0.15) is 49.5 Å². The standard InChI is InChI=1S/C18H20Cl2N6O2.C12H16ClN5O2.C7H7Cl2N/c19-13-2-1-12(9-14(13)20)10-21-18-23-16-15(17(27)24-18)26(11-22-16)4-3-25-5-7-28-8-6-25;1-19-11-9-10(15-12(13)16-11)14-8-18(9)3-2-17-4-6-20-7-5-17;8-6-2-1-5(4-10)3-7(6)9/h1-2,9,11H,3-8,10H2,(H2,21,23,24,27);8H,2-7H2,1H3;1-3H,4,10H2/i3D2,4D2,5D2,6D2,7D2,8D2,10D2;2D2,3D2,4D2,5D2,6D2,7D2;4D2. The fraction of sp³-hybridized carbons (Fsp3) is 0.405. The summed E-state index contributed by atoms with van der Waals surface area (Å²) >= 11 is 28.9. The molecule has 2 fully saturated rings. The van der Waals surface area contributed by atoms with Gasteiger partial charge in [0, 0.05) is 84.2 Å². The number of aryl methyl sites for hydroxylation is 2. The van der Waals surface area contributed by atoms with Crippen LogP contribution in [0.25, 0.3) is 22.3 Å². The molecule has 2 aliphatic heterocycles. The number of aromatic amines is 1. The maximum Gasteiger partial charge on any atom is 0.278 e. The van der Waals surface area contributed by atoms with Gasteiger partial charge in [-0.3, -0.25) is 19.6 Å². The average Bonchev–Trinajstić information content (AvgIpc) is 0.785. The minimum absolute atomic E-state index is 0.0107. The molecule has 0 atom stereocenters. The normalized spacial score (nSPS) is 30.4. The van der Waals surface area contributed by atoms with E-state index < -0.39 is 124 Å². The molecule has 310 valence electrons. The summed E-state index contributed by atoms with van der Waals surface area (Å²) in [7, 11) is 1.15. The maximum atomic E-state index is 13.1. The number of nitrogens with two attached hydrogens (primary N) is 1. The van der Waals surface area contributed by atoms with Gasteiger partial charge in [0.2, 0.25) is 17.1 Å². The highest BCUT2D eigenvalue weighted by Crippen LogP contribution is 2.25. The van der Waals surface area contributed by atoms with E-state index in [1.165, 1.54) is 36.4 Å². The van der Waals surface area contributed by atoms with Crippen LogP contribution in [-0.2, 0) is 35.5 Å². The molecule has 2 aliphatic rings. The third-order valence-corrected chi connectivity index (χ3v) is 8.33. The summed E-state index contributed by atoms with van der Waals surface area (Å²) in [5, 5.41) is 2.92. The van der Waals surface area contributed by atoms with Crippen LogP contribution in [0.2, 0.25) is 25.4 Å². The lowest BCUT2D eigenvalue weighted by molar-refractivity contribution is 0.0364. The van der Waals surface area contributed by atoms with Crippen LogP contribution in [0.15, 0.2) is 53.8 Å². The Morgan fingerprint density at radius 1 is 0.776 bits per heavy atom. The van der Waals surface area contributed by atoms with Crippen molar-refractivity contribution in [1.29, 1.82) is 0 Å². The molecule has 8 rings (SSSR count). The van der Waals surface area contributed by atoms with Crippen LogP contribution < -0.4 is 21.3 Å². The number of benzene rings is 2. The van der Waals surface area contributed by atoms with Crippen LogP contribution in [0.5, 0.6) is 5.88 Å². The van der Waals surface area contributed by atoms with Crippen molar-refractivity contribution in [3.8, 4) is 5.88 Å². The van der Waals surface area contributed by atoms with Crippen molar-refractivity contribution < 1.29 is 52.6 Å². The van der Waals surface area contributed by atoms with E-state index in [1.807, 2.05) is 0 Å². The molecule has 0 aliphatic carbocycles. The summed E-state index contributed by atoms with van der Waals surface area (Å²) in [4.78, 5) is 33.2. The Morgan fingerprint density at radius 3 is 1.86 bits per heavy atom. The monoisotopic (exact) mass is 922 g/mol. The minimum Gasteiger partial charge on any atom is -0.479 e. The number of imidazole rings is 2. The molecule has 0 unspecified atom stereocenters. The van der Waals surface area contributed by atoms with E-state index in [9.17, 15) is 4.79 Å². The number of aromatic nitrogens is 8. The molecule has 4 aromatic heterocycles. The number of methoxy groups -OCH3 is 1. The lowest BCUT2D eigenvalue weighted by Gasteiger charge is -2.26. The number of nitrogens with one attached hydrogen (secondary N) is 2. The SMILES string of the molecule is [2H]C([2H])(N)c1ccc(Cl)c(Cl)c1.[2H]C([2H])(Nc1nc2ncn(C([2H])([2H])C([2H])([2H])N3C([2H])([2H])C([2H])([2H])OC([2H])([2H])C3([2H])[2H])c2c(=O)[nH]1)c1ccc(Cl)c(Cl)c1.[2H]C1([2H])OC([2H])([2H])C([2H])([2H])N(C([2H])([2H])C([2H])([2H])n2cnc3nc(Cl)nc(OC)c32)C1([2H])[2H]. The molecular weight excluding hydrogens is 854 g/mol. The van der Waals surface area contributed by atoms with Gasteiger partial charge in [0.15, 0.2) is 22.3 Å². The maximum absolute atomic E-state index is 13.1. The van der Waals surface area contributed by atoms with Gasteiger partial charge >= 0.3 is 0 Å². The van der Waals surface area contributed by atoms with Gasteiger partial charge in [0.05, 0.1) is 85.3 Å². The topological polar surface area (TPSA) is 179 Å². The van der Waals surface area contributed by atoms with Crippen LogP contribution in [0.4, 0.5) is 5.95 Å². The van der Waals surface area contributed by atoms with Crippen molar-refractivity contribution in [2.75, 3.05) is 77.6 Å². The Labute approximate surface area is 398 Å². The molecule has 0 radical (unpaired) electrons. The van der Waals surface area contributed by atoms with E-state index in [0.29, 0.717) is 26.5 Å². The third-order valence-electron chi connectivity index (χ3n) is 6.68. The smallest absolute Gasteiger partial charge is 0.278 e. The van der Waals surface area contributed by atoms with Gasteiger partial charge in [-0.15, -0.1) is 0 Å². The Bertz CT molecular complexity index is 3570. The van der Waals surface area contributed by atoms with Gasteiger partial charge in [-0.05, 0) is 47.0 Å². The third kappa shape index (κ3) is 11.9. The average molecular weight is 925 g/mol. The number of hydrogen-bond acceptors (Lipinski definition) is 13. The Hall–Kier alpha value is -3.81. The molecule has 58 heavy (non-hydrogen) atoms. The minimum atomic E-state index is -3.94. The largest absolute Gasteiger partial charge is 0.479 e. The summed E-state index contributed by atoms with van der Waals surface area (Å²) in [5.41, 5.74) is 2.52. The zero-order valence-electron chi connectivity index (χ0n) is 56.7. The van der Waals surface area contributed by atoms with Crippen LogP contribution in [0, 0.1) is 0 Å². The molecule has 16 nitrogen and oxygen atoms in total. The number of rotatable bonds is 11. The summed E-state index contributed by atoms with van der Waals surface area (Å²) in [6.07, 6.45) is 1.36. The number of anilines is 1. The van der Waals surface area contributed by atoms with Gasteiger partial charge in [-0.2, -0.15) is 15.0 Å². The predicted octanol–water partition coefficient (Wildman–Crippen LogP) is 5.64. The molecular formula is C37H43Cl5N12O4. The Morgan fingerprint density at radius 2 is 1.31 bits per heavy atom. The Balaban J connectivity index is 0.000000236. The number of halogens is 5. The zero-order valence-corrected chi connectivity index (χ0v) is 32.5. The van der Waals surface area contributed by atoms with E-state index in [4.69, 9.17) is 107 Å². The second kappa shape index (κ2) is 21.4. The highest BCUT2D eigenvalue weighted by Gasteiger charge is 2.17. The molecule has 6 aromatic rings. The molecule has 6 heterocycles. The van der Waals surface area contributed by atoms with Gasteiger partial charge in [0.25, 0.3) is 5.56 Å². The fourth-order valence-corrected chi connectivity index (χ4v) is 4.92. The van der Waals surface area contributed by atoms with E-state index >= 15 is 0 Å². The van der Waals surface area contributed by atoms with Gasteiger partial charge in [0.1, 0.15) is 0 Å². The number of fused-ring (bicyclic) bond motifs is 2. The quantitative estimate of drug-likeness (QED) is 0.136. The lowest BCUT2D eigenvalue weighted by Crippen LogP contribution is -2.38. The number of morpholine rings is 2. The van der Waals surface area contributed by atoms with Gasteiger partial charge in [-0.25, -0.2) is 9.97 Å². The van der Waals surface area contributed by atoms with E-state index in [-0.39, 0.29) is 42.5 Å². The van der Waals surface area contributed by atoms with Crippen LogP contribution in [-0.4, -0.2) is 121 Å². The number of nitrogens with zero attached hydrogens (tertiary/aromatic N) is 9. The first-order valence-corrected chi connectivity index (χ1v) is 17.3. The van der Waals surface area contributed by atoms with Crippen LogP contribution >= 0.6 is 58.0 Å². The summed E-state index contributed by atoms with van der Waals surface area (Å²) in [6, 6.07) is 8.33. The molecule has 21 heteroatoms. The number of ether oxygens (including phenoxy) is 3. The lowest BCUT2D eigenvalue weighted by atomic mass is 10.2. The molecule has 0 amide bonds. The summed E-state index contributed by atoms with van der Waals surface area (Å²) in [6.45, 7) is -48.5. The predicted molar refractivity (Wildman–Crippen MR) is 228 cm³/mol. The zero-order chi connectivity index (χ0) is 66.1. The molecule has 2 aromatic carbocycles. The highest BCUT2D eigenvalue weighted by atomic mass is 35.5. The number of hydrogen-bond donors (Lipinski definition) is 3. The number of H-pyrrole nitrogens is 1. The van der Waals surface area contributed by atoms with Crippen molar-refractivity contribution >= 4 is 86.3 Å². The molecule has 4 N–H and O–H groups in total. The van der Waals surface area contributed by atoms with Crippen molar-refractivity contribution in [2.45, 2.75) is 26.0 Å². The fourth-order valence-electron chi connectivity index (χ4n) is 4.16.